The lowest BCUT2D eigenvalue weighted by Crippen LogP contribution is -2.51. The maximum atomic E-state index is 11.8. The zero-order valence-electron chi connectivity index (χ0n) is 14.5. The third-order valence-corrected chi connectivity index (χ3v) is 4.86. The Hall–Kier alpha value is -0.610. The number of carbonyl (C=O) groups excluding carboxylic acids is 1. The normalized spacial score (nSPS) is 29.9. The van der Waals surface area contributed by atoms with Crippen LogP contribution in [0.15, 0.2) is 4.99 Å². The molecule has 0 aromatic heterocycles. The fourth-order valence-corrected chi connectivity index (χ4v) is 3.42. The van der Waals surface area contributed by atoms with Gasteiger partial charge in [-0.3, -0.25) is 4.79 Å². The van der Waals surface area contributed by atoms with E-state index in [2.05, 4.69) is 15.6 Å². The molecule has 3 rings (SSSR count). The molecule has 1 amide bonds. The molecule has 3 fully saturated rings. The fourth-order valence-electron chi connectivity index (χ4n) is 3.42. The van der Waals surface area contributed by atoms with Crippen molar-refractivity contribution in [1.29, 1.82) is 0 Å². The molecule has 2 N–H and O–H groups in total. The Labute approximate surface area is 160 Å². The Morgan fingerprint density at radius 2 is 1.92 bits per heavy atom. The molecule has 0 saturated carbocycles. The van der Waals surface area contributed by atoms with Gasteiger partial charge in [-0.05, 0) is 32.1 Å². The lowest BCUT2D eigenvalue weighted by Gasteiger charge is -2.28. The standard InChI is InChI=1S/C16H28N4O3.HI/c1-20(2)15(21)10-17-16(18-11-5-7-22-8-6-11)19-13-9-12-3-4-14(13)23-12;/h11-14H,3-10H2,1-2H3,(H2,17,18,19);1H. The second-order valence-corrected chi connectivity index (χ2v) is 6.84. The van der Waals surface area contributed by atoms with Gasteiger partial charge in [-0.2, -0.15) is 0 Å². The summed E-state index contributed by atoms with van der Waals surface area (Å²) in [7, 11) is 3.50. The van der Waals surface area contributed by atoms with Crippen LogP contribution in [0.1, 0.15) is 32.1 Å². The zero-order chi connectivity index (χ0) is 16.2. The monoisotopic (exact) mass is 452 g/mol. The van der Waals surface area contributed by atoms with Gasteiger partial charge in [-0.25, -0.2) is 4.99 Å². The second-order valence-electron chi connectivity index (χ2n) is 6.84. The van der Waals surface area contributed by atoms with Crippen molar-refractivity contribution < 1.29 is 14.3 Å². The van der Waals surface area contributed by atoms with Crippen molar-refractivity contribution in [2.75, 3.05) is 33.9 Å². The lowest BCUT2D eigenvalue weighted by molar-refractivity contribution is -0.127. The van der Waals surface area contributed by atoms with Crippen LogP contribution in [0.4, 0.5) is 0 Å². The molecule has 0 radical (unpaired) electrons. The number of likely N-dealkylation sites (N-methyl/N-ethyl adjacent to an activating group) is 1. The van der Waals surface area contributed by atoms with Gasteiger partial charge in [0.05, 0.1) is 18.2 Å². The first-order chi connectivity index (χ1) is 11.1. The van der Waals surface area contributed by atoms with E-state index in [0.29, 0.717) is 18.2 Å². The van der Waals surface area contributed by atoms with E-state index >= 15 is 0 Å². The van der Waals surface area contributed by atoms with E-state index in [0.717, 1.165) is 44.9 Å². The summed E-state index contributed by atoms with van der Waals surface area (Å²) in [5.74, 6) is 0.732. The Morgan fingerprint density at radius 3 is 2.50 bits per heavy atom. The average Bonchev–Trinajstić information content (AvgIpc) is 3.16. The largest absolute Gasteiger partial charge is 0.381 e. The fraction of sp³-hybridized carbons (Fsp3) is 0.875. The van der Waals surface area contributed by atoms with Gasteiger partial charge in [0.2, 0.25) is 5.91 Å². The van der Waals surface area contributed by atoms with E-state index in [4.69, 9.17) is 9.47 Å². The minimum absolute atomic E-state index is 0. The highest BCUT2D eigenvalue weighted by Crippen LogP contribution is 2.34. The molecular weight excluding hydrogens is 423 g/mol. The van der Waals surface area contributed by atoms with Crippen LogP contribution in [-0.2, 0) is 14.3 Å². The molecule has 0 aromatic rings. The Morgan fingerprint density at radius 1 is 1.17 bits per heavy atom. The van der Waals surface area contributed by atoms with Crippen LogP contribution in [0, 0.1) is 0 Å². The molecule has 7 nitrogen and oxygen atoms in total. The van der Waals surface area contributed by atoms with Crippen LogP contribution in [0.25, 0.3) is 0 Å². The molecule has 8 heteroatoms. The first kappa shape index (κ1) is 19.7. The van der Waals surface area contributed by atoms with Crippen LogP contribution in [0.2, 0.25) is 0 Å². The van der Waals surface area contributed by atoms with Crippen LogP contribution in [0.5, 0.6) is 0 Å². The summed E-state index contributed by atoms with van der Waals surface area (Å²) in [4.78, 5) is 17.9. The van der Waals surface area contributed by atoms with Gasteiger partial charge in [0.15, 0.2) is 5.96 Å². The number of guanidine groups is 1. The number of hydrogen-bond donors (Lipinski definition) is 2. The third kappa shape index (κ3) is 5.19. The lowest BCUT2D eigenvalue weighted by atomic mass is 9.96. The third-order valence-electron chi connectivity index (χ3n) is 4.86. The van der Waals surface area contributed by atoms with Crippen molar-refractivity contribution in [2.24, 2.45) is 4.99 Å². The molecule has 2 bridgehead atoms. The zero-order valence-corrected chi connectivity index (χ0v) is 16.8. The molecule has 3 unspecified atom stereocenters. The van der Waals surface area contributed by atoms with Gasteiger partial charge in [-0.1, -0.05) is 0 Å². The van der Waals surface area contributed by atoms with Crippen molar-refractivity contribution in [3.8, 4) is 0 Å². The average molecular weight is 452 g/mol. The van der Waals surface area contributed by atoms with E-state index in [9.17, 15) is 4.79 Å². The number of fused-ring (bicyclic) bond motifs is 2. The molecule has 0 aromatic carbocycles. The number of hydrogen-bond acceptors (Lipinski definition) is 4. The number of carbonyl (C=O) groups is 1. The first-order valence-electron chi connectivity index (χ1n) is 8.62. The molecule has 3 heterocycles. The van der Waals surface area contributed by atoms with Crippen molar-refractivity contribution >= 4 is 35.8 Å². The summed E-state index contributed by atoms with van der Waals surface area (Å²) in [6, 6.07) is 0.651. The highest BCUT2D eigenvalue weighted by Gasteiger charge is 2.41. The van der Waals surface area contributed by atoms with Crippen molar-refractivity contribution in [3.63, 3.8) is 0 Å². The maximum Gasteiger partial charge on any atom is 0.243 e. The Balaban J connectivity index is 0.00000208. The summed E-state index contributed by atoms with van der Waals surface area (Å²) in [6.45, 7) is 1.71. The van der Waals surface area contributed by atoms with Gasteiger partial charge in [0.1, 0.15) is 6.54 Å². The van der Waals surface area contributed by atoms with E-state index < -0.39 is 0 Å². The van der Waals surface area contributed by atoms with Crippen molar-refractivity contribution in [2.45, 2.75) is 56.4 Å². The molecule has 0 spiro atoms. The molecule has 3 atom stereocenters. The van der Waals surface area contributed by atoms with Crippen LogP contribution >= 0.6 is 24.0 Å². The molecule has 3 aliphatic heterocycles. The molecule has 0 aliphatic carbocycles. The van der Waals surface area contributed by atoms with Crippen LogP contribution in [0.3, 0.4) is 0 Å². The van der Waals surface area contributed by atoms with E-state index in [1.165, 1.54) is 6.42 Å². The molecular formula is C16H29IN4O3. The molecule has 24 heavy (non-hydrogen) atoms. The number of nitrogens with zero attached hydrogens (tertiary/aromatic N) is 2. The predicted molar refractivity (Wildman–Crippen MR) is 103 cm³/mol. The van der Waals surface area contributed by atoms with Gasteiger partial charge in [0.25, 0.3) is 0 Å². The maximum absolute atomic E-state index is 11.8. The first-order valence-corrected chi connectivity index (χ1v) is 8.62. The number of halogens is 1. The van der Waals surface area contributed by atoms with Gasteiger partial charge in [0, 0.05) is 33.4 Å². The number of ether oxygens (including phenoxy) is 2. The van der Waals surface area contributed by atoms with E-state index in [1.807, 2.05) is 0 Å². The number of rotatable bonds is 4. The number of aliphatic imine (C=N–C) groups is 1. The van der Waals surface area contributed by atoms with Gasteiger partial charge < -0.3 is 25.0 Å². The highest BCUT2D eigenvalue weighted by atomic mass is 127. The van der Waals surface area contributed by atoms with Gasteiger partial charge in [-0.15, -0.1) is 24.0 Å². The van der Waals surface area contributed by atoms with Crippen molar-refractivity contribution in [3.05, 3.63) is 0 Å². The predicted octanol–water partition coefficient (Wildman–Crippen LogP) is 0.727. The minimum atomic E-state index is 0. The molecule has 3 saturated heterocycles. The van der Waals surface area contributed by atoms with E-state index in [-0.39, 0.29) is 42.5 Å². The van der Waals surface area contributed by atoms with Crippen LogP contribution in [-0.4, -0.2) is 74.9 Å². The summed E-state index contributed by atoms with van der Waals surface area (Å²) < 4.78 is 11.3. The summed E-state index contributed by atoms with van der Waals surface area (Å²) >= 11 is 0. The Kier molecular flexibility index (Phi) is 7.55. The summed E-state index contributed by atoms with van der Waals surface area (Å²) in [6.07, 6.45) is 5.92. The summed E-state index contributed by atoms with van der Waals surface area (Å²) in [5, 5.41) is 6.96. The minimum Gasteiger partial charge on any atom is -0.381 e. The van der Waals surface area contributed by atoms with E-state index in [1.54, 1.807) is 19.0 Å². The highest BCUT2D eigenvalue weighted by molar-refractivity contribution is 14.0. The SMILES string of the molecule is CN(C)C(=O)CN=C(NC1CCOCC1)NC1CC2CCC1O2.I. The Bertz CT molecular complexity index is 455. The van der Waals surface area contributed by atoms with Gasteiger partial charge >= 0.3 is 0 Å². The second kappa shape index (κ2) is 9.19. The van der Waals surface area contributed by atoms with Crippen LogP contribution < -0.4 is 10.6 Å². The smallest absolute Gasteiger partial charge is 0.243 e. The number of nitrogens with one attached hydrogen (secondary N) is 2. The number of amides is 1. The molecule has 138 valence electrons. The van der Waals surface area contributed by atoms with Crippen molar-refractivity contribution in [1.82, 2.24) is 15.5 Å². The summed E-state index contributed by atoms with van der Waals surface area (Å²) in [5.41, 5.74) is 0. The molecule has 3 aliphatic rings. The quantitative estimate of drug-likeness (QED) is 0.374. The topological polar surface area (TPSA) is 75.2 Å².